The highest BCUT2D eigenvalue weighted by Crippen LogP contribution is 2.27. The number of carbonyl (C=O) groups is 1. The molecule has 0 saturated carbocycles. The van der Waals surface area contributed by atoms with Gasteiger partial charge in [0.15, 0.2) is 0 Å². The summed E-state index contributed by atoms with van der Waals surface area (Å²) in [5.41, 5.74) is 2.24. The summed E-state index contributed by atoms with van der Waals surface area (Å²) < 4.78 is 0. The summed E-state index contributed by atoms with van der Waals surface area (Å²) in [7, 11) is 0. The van der Waals surface area contributed by atoms with Crippen molar-refractivity contribution in [1.29, 1.82) is 0 Å². The molecule has 2 aliphatic heterocycles. The first-order valence-electron chi connectivity index (χ1n) is 5.37. The Kier molecular flexibility index (Phi) is 2.25. The SMILES string of the molecule is CC1=C2C(=O)N(C(C)C)CCN2CC1. The van der Waals surface area contributed by atoms with Gasteiger partial charge in [-0.15, -0.1) is 0 Å². The minimum atomic E-state index is 0.237. The van der Waals surface area contributed by atoms with E-state index in [1.54, 1.807) is 0 Å². The van der Waals surface area contributed by atoms with Crippen LogP contribution in [0.15, 0.2) is 11.3 Å². The normalized spacial score (nSPS) is 22.4. The third-order valence-electron chi connectivity index (χ3n) is 3.17. The predicted molar refractivity (Wildman–Crippen MR) is 55.7 cm³/mol. The fourth-order valence-electron chi connectivity index (χ4n) is 2.30. The van der Waals surface area contributed by atoms with Crippen LogP contribution in [0.2, 0.25) is 0 Å². The zero-order valence-corrected chi connectivity index (χ0v) is 9.21. The number of amides is 1. The first-order valence-corrected chi connectivity index (χ1v) is 5.37. The highest BCUT2D eigenvalue weighted by Gasteiger charge is 2.34. The Hall–Kier alpha value is -0.990. The molecule has 3 nitrogen and oxygen atoms in total. The van der Waals surface area contributed by atoms with Crippen molar-refractivity contribution in [3.8, 4) is 0 Å². The Morgan fingerprint density at radius 1 is 1.21 bits per heavy atom. The number of hydrogen-bond donors (Lipinski definition) is 0. The topological polar surface area (TPSA) is 23.6 Å². The van der Waals surface area contributed by atoms with E-state index in [0.717, 1.165) is 31.8 Å². The van der Waals surface area contributed by atoms with Crippen LogP contribution in [-0.2, 0) is 4.79 Å². The van der Waals surface area contributed by atoms with Gasteiger partial charge < -0.3 is 9.80 Å². The zero-order chi connectivity index (χ0) is 10.3. The van der Waals surface area contributed by atoms with E-state index < -0.39 is 0 Å². The number of carbonyl (C=O) groups excluding carboxylic acids is 1. The van der Waals surface area contributed by atoms with E-state index in [0.29, 0.717) is 6.04 Å². The lowest BCUT2D eigenvalue weighted by atomic mass is 10.1. The van der Waals surface area contributed by atoms with E-state index in [4.69, 9.17) is 0 Å². The molecule has 0 aliphatic carbocycles. The van der Waals surface area contributed by atoms with Gasteiger partial charge in [-0.1, -0.05) is 0 Å². The van der Waals surface area contributed by atoms with E-state index in [9.17, 15) is 4.79 Å². The van der Waals surface area contributed by atoms with Gasteiger partial charge in [-0.05, 0) is 32.8 Å². The standard InChI is InChI=1S/C11H18N2O/c1-8(2)13-7-6-12-5-4-9(3)10(12)11(13)14/h8H,4-7H2,1-3H3. The molecule has 0 aromatic carbocycles. The van der Waals surface area contributed by atoms with Crippen molar-refractivity contribution in [3.05, 3.63) is 11.3 Å². The molecule has 2 rings (SSSR count). The smallest absolute Gasteiger partial charge is 0.270 e. The van der Waals surface area contributed by atoms with Crippen molar-refractivity contribution in [2.75, 3.05) is 19.6 Å². The first kappa shape index (κ1) is 9.56. The maximum absolute atomic E-state index is 12.1. The van der Waals surface area contributed by atoms with E-state index >= 15 is 0 Å². The molecule has 2 aliphatic rings. The minimum Gasteiger partial charge on any atom is -0.365 e. The second-order valence-corrected chi connectivity index (χ2v) is 4.46. The van der Waals surface area contributed by atoms with E-state index in [1.807, 2.05) is 4.90 Å². The van der Waals surface area contributed by atoms with Crippen molar-refractivity contribution in [1.82, 2.24) is 9.80 Å². The molecule has 1 fully saturated rings. The molecule has 1 saturated heterocycles. The molecule has 0 radical (unpaired) electrons. The van der Waals surface area contributed by atoms with Crippen molar-refractivity contribution < 1.29 is 4.79 Å². The summed E-state index contributed by atoms with van der Waals surface area (Å²) in [6.45, 7) is 9.18. The van der Waals surface area contributed by atoms with Gasteiger partial charge in [0.25, 0.3) is 5.91 Å². The lowest BCUT2D eigenvalue weighted by Gasteiger charge is -2.37. The molecule has 0 spiro atoms. The van der Waals surface area contributed by atoms with Gasteiger partial charge in [0, 0.05) is 25.7 Å². The number of fused-ring (bicyclic) bond motifs is 1. The van der Waals surface area contributed by atoms with Crippen LogP contribution in [0.5, 0.6) is 0 Å². The minimum absolute atomic E-state index is 0.237. The maximum atomic E-state index is 12.1. The third-order valence-corrected chi connectivity index (χ3v) is 3.17. The quantitative estimate of drug-likeness (QED) is 0.626. The zero-order valence-electron chi connectivity index (χ0n) is 9.21. The van der Waals surface area contributed by atoms with Gasteiger partial charge in [-0.2, -0.15) is 0 Å². The monoisotopic (exact) mass is 194 g/mol. The Balaban J connectivity index is 2.26. The van der Waals surface area contributed by atoms with Gasteiger partial charge in [-0.25, -0.2) is 0 Å². The second kappa shape index (κ2) is 3.30. The van der Waals surface area contributed by atoms with Crippen molar-refractivity contribution in [3.63, 3.8) is 0 Å². The Morgan fingerprint density at radius 2 is 1.93 bits per heavy atom. The molecule has 0 unspecified atom stereocenters. The van der Waals surface area contributed by atoms with Crippen LogP contribution >= 0.6 is 0 Å². The molecule has 3 heteroatoms. The van der Waals surface area contributed by atoms with Crippen LogP contribution in [0.1, 0.15) is 27.2 Å². The molecular weight excluding hydrogens is 176 g/mol. The predicted octanol–water partition coefficient (Wildman–Crippen LogP) is 1.22. The lowest BCUT2D eigenvalue weighted by molar-refractivity contribution is -0.132. The van der Waals surface area contributed by atoms with Crippen LogP contribution in [-0.4, -0.2) is 41.4 Å². The fraction of sp³-hybridized carbons (Fsp3) is 0.727. The van der Waals surface area contributed by atoms with Crippen LogP contribution < -0.4 is 0 Å². The van der Waals surface area contributed by atoms with Crippen molar-refractivity contribution in [2.45, 2.75) is 33.2 Å². The van der Waals surface area contributed by atoms with Gasteiger partial charge in [0.1, 0.15) is 5.70 Å². The summed E-state index contributed by atoms with van der Waals surface area (Å²) in [5, 5.41) is 0. The van der Waals surface area contributed by atoms with E-state index in [2.05, 4.69) is 25.7 Å². The maximum Gasteiger partial charge on any atom is 0.270 e. The van der Waals surface area contributed by atoms with Gasteiger partial charge in [0.2, 0.25) is 0 Å². The van der Waals surface area contributed by atoms with Gasteiger partial charge in [0.05, 0.1) is 0 Å². The molecule has 0 aromatic heterocycles. The molecule has 0 atom stereocenters. The number of rotatable bonds is 1. The fourth-order valence-corrected chi connectivity index (χ4v) is 2.30. The Morgan fingerprint density at radius 3 is 2.57 bits per heavy atom. The van der Waals surface area contributed by atoms with Gasteiger partial charge >= 0.3 is 0 Å². The van der Waals surface area contributed by atoms with Gasteiger partial charge in [-0.3, -0.25) is 4.79 Å². The van der Waals surface area contributed by atoms with Crippen LogP contribution in [0.3, 0.4) is 0 Å². The number of piperazine rings is 1. The Bertz CT molecular complexity index is 294. The molecule has 0 bridgehead atoms. The molecule has 14 heavy (non-hydrogen) atoms. The summed E-state index contributed by atoms with van der Waals surface area (Å²) in [5.74, 6) is 0.237. The lowest BCUT2D eigenvalue weighted by Crippen LogP contribution is -2.50. The summed E-state index contributed by atoms with van der Waals surface area (Å²) >= 11 is 0. The average molecular weight is 194 g/mol. The first-order chi connectivity index (χ1) is 6.61. The molecule has 2 heterocycles. The largest absolute Gasteiger partial charge is 0.365 e. The average Bonchev–Trinajstić information content (AvgIpc) is 2.48. The third kappa shape index (κ3) is 1.31. The van der Waals surface area contributed by atoms with Crippen LogP contribution in [0.25, 0.3) is 0 Å². The number of nitrogens with zero attached hydrogens (tertiary/aromatic N) is 2. The van der Waals surface area contributed by atoms with E-state index in [-0.39, 0.29) is 5.91 Å². The van der Waals surface area contributed by atoms with Crippen molar-refractivity contribution in [2.24, 2.45) is 0 Å². The molecule has 0 N–H and O–H groups in total. The Labute approximate surface area is 85.4 Å². The molecule has 1 amide bonds. The highest BCUT2D eigenvalue weighted by molar-refractivity contribution is 5.95. The van der Waals surface area contributed by atoms with Crippen LogP contribution in [0, 0.1) is 0 Å². The summed E-state index contributed by atoms with van der Waals surface area (Å²) in [4.78, 5) is 16.3. The molecular formula is C11H18N2O. The number of hydrogen-bond acceptors (Lipinski definition) is 2. The van der Waals surface area contributed by atoms with Crippen molar-refractivity contribution >= 4 is 5.91 Å². The summed E-state index contributed by atoms with van der Waals surface area (Å²) in [6, 6.07) is 0.325. The highest BCUT2D eigenvalue weighted by atomic mass is 16.2. The molecule has 78 valence electrons. The van der Waals surface area contributed by atoms with E-state index in [1.165, 1.54) is 5.57 Å². The van der Waals surface area contributed by atoms with Crippen LogP contribution in [0.4, 0.5) is 0 Å². The summed E-state index contributed by atoms with van der Waals surface area (Å²) in [6.07, 6.45) is 1.06. The molecule has 0 aromatic rings. The second-order valence-electron chi connectivity index (χ2n) is 4.46.